The van der Waals surface area contributed by atoms with Crippen LogP contribution in [0, 0.1) is 0 Å². The summed E-state index contributed by atoms with van der Waals surface area (Å²) in [7, 11) is 5.97. The van der Waals surface area contributed by atoms with Gasteiger partial charge in [-0.05, 0) is 36.8 Å². The highest BCUT2D eigenvalue weighted by atomic mass is 35.5. The molecule has 0 saturated carbocycles. The predicted molar refractivity (Wildman–Crippen MR) is 119 cm³/mol. The third-order valence-electron chi connectivity index (χ3n) is 4.88. The van der Waals surface area contributed by atoms with Gasteiger partial charge < -0.3 is 19.9 Å². The summed E-state index contributed by atoms with van der Waals surface area (Å²) in [6, 6.07) is 15.5. The Morgan fingerprint density at radius 3 is 2.66 bits per heavy atom. The number of anilines is 3. The van der Waals surface area contributed by atoms with E-state index in [-0.39, 0.29) is 6.04 Å². The van der Waals surface area contributed by atoms with Crippen molar-refractivity contribution < 1.29 is 4.74 Å². The standard InChI is InChI=1S/C22H24ClN5O/c1-27(2)22-24-14-19-20(10-11-28(3)21(19)26-22)25-16-7-5-9-18(13-16)29-17-8-4-6-15(23)12-17/h4-9,12-14,20,25H,10-11H2,1-3H3. The molecular weight excluding hydrogens is 386 g/mol. The Morgan fingerprint density at radius 2 is 1.90 bits per heavy atom. The molecule has 150 valence electrons. The molecule has 1 atom stereocenters. The van der Waals surface area contributed by atoms with Crippen LogP contribution in [0.15, 0.2) is 54.7 Å². The molecule has 0 aliphatic carbocycles. The third-order valence-corrected chi connectivity index (χ3v) is 5.12. The van der Waals surface area contributed by atoms with Crippen LogP contribution in [0.4, 0.5) is 17.5 Å². The zero-order chi connectivity index (χ0) is 20.4. The van der Waals surface area contributed by atoms with Gasteiger partial charge in [0.15, 0.2) is 0 Å². The molecule has 0 spiro atoms. The summed E-state index contributed by atoms with van der Waals surface area (Å²) in [5, 5.41) is 4.27. The van der Waals surface area contributed by atoms with Crippen molar-refractivity contribution in [2.75, 3.05) is 42.8 Å². The molecule has 0 amide bonds. The van der Waals surface area contributed by atoms with Gasteiger partial charge in [-0.2, -0.15) is 4.98 Å². The topological polar surface area (TPSA) is 53.5 Å². The lowest BCUT2D eigenvalue weighted by Crippen LogP contribution is -2.32. The average molecular weight is 410 g/mol. The van der Waals surface area contributed by atoms with Crippen LogP contribution in [0.3, 0.4) is 0 Å². The van der Waals surface area contributed by atoms with Crippen molar-refractivity contribution in [2.24, 2.45) is 0 Å². The number of nitrogens with zero attached hydrogens (tertiary/aromatic N) is 4. The van der Waals surface area contributed by atoms with Gasteiger partial charge in [-0.1, -0.05) is 23.7 Å². The van der Waals surface area contributed by atoms with Crippen LogP contribution in [0.5, 0.6) is 11.5 Å². The maximum atomic E-state index is 6.05. The quantitative estimate of drug-likeness (QED) is 0.641. The molecule has 1 N–H and O–H groups in total. The Bertz CT molecular complexity index is 1010. The molecule has 29 heavy (non-hydrogen) atoms. The van der Waals surface area contributed by atoms with E-state index >= 15 is 0 Å². The average Bonchev–Trinajstić information content (AvgIpc) is 2.70. The normalized spacial score (nSPS) is 15.6. The summed E-state index contributed by atoms with van der Waals surface area (Å²) in [5.74, 6) is 3.15. The summed E-state index contributed by atoms with van der Waals surface area (Å²) < 4.78 is 5.95. The minimum Gasteiger partial charge on any atom is -0.457 e. The lowest BCUT2D eigenvalue weighted by molar-refractivity contribution is 0.483. The van der Waals surface area contributed by atoms with Gasteiger partial charge in [-0.3, -0.25) is 0 Å². The first-order valence-corrected chi connectivity index (χ1v) is 9.93. The molecule has 1 unspecified atom stereocenters. The van der Waals surface area contributed by atoms with Crippen LogP contribution in [-0.4, -0.2) is 37.7 Å². The third kappa shape index (κ3) is 4.38. The van der Waals surface area contributed by atoms with Gasteiger partial charge in [0, 0.05) is 56.2 Å². The van der Waals surface area contributed by atoms with Gasteiger partial charge in [0.05, 0.1) is 6.04 Å². The van der Waals surface area contributed by atoms with Gasteiger partial charge in [-0.15, -0.1) is 0 Å². The van der Waals surface area contributed by atoms with Crippen LogP contribution in [0.25, 0.3) is 0 Å². The lowest BCUT2D eigenvalue weighted by Gasteiger charge is -2.33. The SMILES string of the molecule is CN(C)c1ncc2c(n1)N(C)CCC2Nc1cccc(Oc2cccc(Cl)c2)c1. The highest BCUT2D eigenvalue weighted by Gasteiger charge is 2.26. The highest BCUT2D eigenvalue weighted by Crippen LogP contribution is 2.35. The fraction of sp³-hybridized carbons (Fsp3) is 0.273. The molecule has 0 radical (unpaired) electrons. The summed E-state index contributed by atoms with van der Waals surface area (Å²) in [6.07, 6.45) is 2.89. The van der Waals surface area contributed by atoms with Crippen molar-refractivity contribution >= 4 is 29.1 Å². The Morgan fingerprint density at radius 1 is 1.14 bits per heavy atom. The minimum absolute atomic E-state index is 0.138. The molecule has 0 bridgehead atoms. The van der Waals surface area contributed by atoms with Crippen LogP contribution in [0.2, 0.25) is 5.02 Å². The van der Waals surface area contributed by atoms with Crippen molar-refractivity contribution in [1.82, 2.24) is 9.97 Å². The van der Waals surface area contributed by atoms with E-state index in [0.717, 1.165) is 35.8 Å². The molecule has 7 heteroatoms. The Hall–Kier alpha value is -2.99. The molecule has 4 rings (SSSR count). The second-order valence-corrected chi connectivity index (χ2v) is 7.77. The van der Waals surface area contributed by atoms with Gasteiger partial charge in [0.25, 0.3) is 0 Å². The smallest absolute Gasteiger partial charge is 0.226 e. The highest BCUT2D eigenvalue weighted by molar-refractivity contribution is 6.30. The molecule has 6 nitrogen and oxygen atoms in total. The Labute approximate surface area is 176 Å². The number of hydrogen-bond donors (Lipinski definition) is 1. The summed E-state index contributed by atoms with van der Waals surface area (Å²) in [4.78, 5) is 13.3. The predicted octanol–water partition coefficient (Wildman–Crippen LogP) is 4.98. The molecule has 1 aliphatic rings. The van der Waals surface area contributed by atoms with E-state index in [1.165, 1.54) is 0 Å². The molecule has 3 aromatic rings. The second-order valence-electron chi connectivity index (χ2n) is 7.34. The van der Waals surface area contributed by atoms with Crippen molar-refractivity contribution in [1.29, 1.82) is 0 Å². The molecule has 1 aliphatic heterocycles. The van der Waals surface area contributed by atoms with Gasteiger partial charge in [-0.25, -0.2) is 4.98 Å². The monoisotopic (exact) mass is 409 g/mol. The largest absolute Gasteiger partial charge is 0.457 e. The number of benzene rings is 2. The van der Waals surface area contributed by atoms with Crippen molar-refractivity contribution in [2.45, 2.75) is 12.5 Å². The molecule has 0 saturated heterocycles. The first kappa shape index (κ1) is 19.3. The number of rotatable bonds is 5. The van der Waals surface area contributed by atoms with Crippen molar-refractivity contribution in [3.05, 3.63) is 65.3 Å². The second kappa shape index (κ2) is 8.17. The summed E-state index contributed by atoms with van der Waals surface area (Å²) in [5.41, 5.74) is 2.09. The lowest BCUT2D eigenvalue weighted by atomic mass is 10.0. The van der Waals surface area contributed by atoms with Crippen LogP contribution < -0.4 is 19.9 Å². The number of hydrogen-bond acceptors (Lipinski definition) is 6. The number of nitrogens with one attached hydrogen (secondary N) is 1. The van der Waals surface area contributed by atoms with E-state index < -0.39 is 0 Å². The number of ether oxygens (including phenoxy) is 1. The Balaban J connectivity index is 1.55. The van der Waals surface area contributed by atoms with Crippen molar-refractivity contribution in [3.8, 4) is 11.5 Å². The van der Waals surface area contributed by atoms with E-state index in [2.05, 4.69) is 22.2 Å². The number of halogens is 1. The molecule has 2 heterocycles. The van der Waals surface area contributed by atoms with E-state index in [4.69, 9.17) is 21.3 Å². The first-order valence-electron chi connectivity index (χ1n) is 9.55. The van der Waals surface area contributed by atoms with Gasteiger partial charge in [0.1, 0.15) is 17.3 Å². The van der Waals surface area contributed by atoms with Crippen LogP contribution in [-0.2, 0) is 0 Å². The Kier molecular flexibility index (Phi) is 5.45. The fourth-order valence-corrected chi connectivity index (χ4v) is 3.57. The van der Waals surface area contributed by atoms with E-state index in [1.807, 2.05) is 67.7 Å². The number of aromatic nitrogens is 2. The molecule has 2 aromatic carbocycles. The fourth-order valence-electron chi connectivity index (χ4n) is 3.39. The van der Waals surface area contributed by atoms with Crippen molar-refractivity contribution in [3.63, 3.8) is 0 Å². The maximum absolute atomic E-state index is 6.05. The van der Waals surface area contributed by atoms with E-state index in [9.17, 15) is 0 Å². The van der Waals surface area contributed by atoms with E-state index in [1.54, 1.807) is 6.07 Å². The zero-order valence-electron chi connectivity index (χ0n) is 16.8. The molecule has 0 fully saturated rings. The van der Waals surface area contributed by atoms with Crippen LogP contribution >= 0.6 is 11.6 Å². The minimum atomic E-state index is 0.138. The molecular formula is C22H24ClN5O. The summed E-state index contributed by atoms with van der Waals surface area (Å²) in [6.45, 7) is 0.924. The first-order chi connectivity index (χ1) is 14.0. The zero-order valence-corrected chi connectivity index (χ0v) is 17.5. The van der Waals surface area contributed by atoms with E-state index in [0.29, 0.717) is 16.7 Å². The molecule has 1 aromatic heterocycles. The van der Waals surface area contributed by atoms with Crippen LogP contribution in [0.1, 0.15) is 18.0 Å². The summed E-state index contributed by atoms with van der Waals surface area (Å²) >= 11 is 6.05. The van der Waals surface area contributed by atoms with Gasteiger partial charge >= 0.3 is 0 Å². The number of fused-ring (bicyclic) bond motifs is 1. The van der Waals surface area contributed by atoms with Gasteiger partial charge in [0.2, 0.25) is 5.95 Å². The maximum Gasteiger partial charge on any atom is 0.226 e.